The quantitative estimate of drug-likeness (QED) is 0.648. The van der Waals surface area contributed by atoms with E-state index in [4.69, 9.17) is 4.74 Å². The number of nitro groups is 1. The Labute approximate surface area is 116 Å². The Hall–Kier alpha value is -2.57. The number of rotatable bonds is 6. The molecule has 0 saturated heterocycles. The first kappa shape index (κ1) is 13.9. The minimum atomic E-state index is -0.437. The molecule has 0 saturated carbocycles. The molecular weight excluding hydrogens is 260 g/mol. The van der Waals surface area contributed by atoms with E-state index in [1.807, 2.05) is 6.92 Å². The van der Waals surface area contributed by atoms with Crippen molar-refractivity contribution in [1.82, 2.24) is 9.78 Å². The second-order valence-electron chi connectivity index (χ2n) is 4.35. The predicted molar refractivity (Wildman–Crippen MR) is 75.4 cm³/mol. The summed E-state index contributed by atoms with van der Waals surface area (Å²) < 4.78 is 7.11. The minimum absolute atomic E-state index is 0.00927. The molecule has 1 aromatic carbocycles. The van der Waals surface area contributed by atoms with Crippen molar-refractivity contribution in [3.05, 3.63) is 40.7 Å². The molecular formula is C13H16N4O3. The summed E-state index contributed by atoms with van der Waals surface area (Å²) >= 11 is 0. The molecule has 0 fully saturated rings. The maximum atomic E-state index is 10.9. The summed E-state index contributed by atoms with van der Waals surface area (Å²) in [5, 5.41) is 18.0. The van der Waals surface area contributed by atoms with E-state index < -0.39 is 4.92 Å². The lowest BCUT2D eigenvalue weighted by Crippen LogP contribution is -1.98. The van der Waals surface area contributed by atoms with Crippen molar-refractivity contribution in [3.8, 4) is 5.75 Å². The van der Waals surface area contributed by atoms with E-state index in [0.29, 0.717) is 18.0 Å². The largest absolute Gasteiger partial charge is 0.493 e. The zero-order valence-corrected chi connectivity index (χ0v) is 11.4. The summed E-state index contributed by atoms with van der Waals surface area (Å²) in [5.41, 5.74) is 1.35. The molecule has 0 unspecified atom stereocenters. The first-order chi connectivity index (χ1) is 9.58. The predicted octanol–water partition coefficient (Wildman–Crippen LogP) is 2.86. The van der Waals surface area contributed by atoms with Crippen LogP contribution in [0.3, 0.4) is 0 Å². The SMILES string of the molecule is CCCOc1cc(Nc2cnn(C)c2)cc([N+](=O)[O-])c1. The maximum Gasteiger partial charge on any atom is 0.275 e. The lowest BCUT2D eigenvalue weighted by atomic mass is 10.2. The van der Waals surface area contributed by atoms with E-state index >= 15 is 0 Å². The highest BCUT2D eigenvalue weighted by Gasteiger charge is 2.11. The molecule has 20 heavy (non-hydrogen) atoms. The second-order valence-corrected chi connectivity index (χ2v) is 4.35. The highest BCUT2D eigenvalue weighted by molar-refractivity contribution is 5.63. The Kier molecular flexibility index (Phi) is 4.19. The topological polar surface area (TPSA) is 82.2 Å². The Morgan fingerprint density at radius 1 is 1.40 bits per heavy atom. The summed E-state index contributed by atoms with van der Waals surface area (Å²) in [4.78, 5) is 10.5. The van der Waals surface area contributed by atoms with Crippen molar-refractivity contribution >= 4 is 17.1 Å². The third-order valence-corrected chi connectivity index (χ3v) is 2.57. The van der Waals surface area contributed by atoms with Crippen molar-refractivity contribution in [2.75, 3.05) is 11.9 Å². The number of benzene rings is 1. The smallest absolute Gasteiger partial charge is 0.275 e. The molecule has 0 amide bonds. The summed E-state index contributed by atoms with van der Waals surface area (Å²) in [6, 6.07) is 4.62. The van der Waals surface area contributed by atoms with Gasteiger partial charge in [-0.2, -0.15) is 5.10 Å². The van der Waals surface area contributed by atoms with Crippen molar-refractivity contribution < 1.29 is 9.66 Å². The van der Waals surface area contributed by atoms with Crippen LogP contribution in [0.1, 0.15) is 13.3 Å². The van der Waals surface area contributed by atoms with Gasteiger partial charge in [0.05, 0.1) is 29.5 Å². The molecule has 1 N–H and O–H groups in total. The molecule has 0 aliphatic heterocycles. The van der Waals surface area contributed by atoms with Crippen LogP contribution in [0.25, 0.3) is 0 Å². The van der Waals surface area contributed by atoms with Crippen LogP contribution in [0.4, 0.5) is 17.1 Å². The van der Waals surface area contributed by atoms with Gasteiger partial charge in [-0.1, -0.05) is 6.92 Å². The number of hydrogen-bond donors (Lipinski definition) is 1. The van der Waals surface area contributed by atoms with Gasteiger partial charge in [0.2, 0.25) is 0 Å². The normalized spacial score (nSPS) is 10.3. The summed E-state index contributed by atoms with van der Waals surface area (Å²) in [6.07, 6.45) is 4.27. The van der Waals surface area contributed by atoms with Crippen LogP contribution in [0.2, 0.25) is 0 Å². The fourth-order valence-electron chi connectivity index (χ4n) is 1.72. The average molecular weight is 276 g/mol. The number of nitrogens with zero attached hydrogens (tertiary/aromatic N) is 3. The minimum Gasteiger partial charge on any atom is -0.493 e. The van der Waals surface area contributed by atoms with E-state index in [-0.39, 0.29) is 5.69 Å². The van der Waals surface area contributed by atoms with Crippen molar-refractivity contribution in [1.29, 1.82) is 0 Å². The molecule has 0 radical (unpaired) electrons. The first-order valence-electron chi connectivity index (χ1n) is 6.26. The van der Waals surface area contributed by atoms with E-state index in [0.717, 1.165) is 12.1 Å². The molecule has 2 aromatic rings. The van der Waals surface area contributed by atoms with Gasteiger partial charge in [-0.15, -0.1) is 0 Å². The number of hydrogen-bond acceptors (Lipinski definition) is 5. The van der Waals surface area contributed by atoms with Gasteiger partial charge in [0, 0.05) is 31.1 Å². The summed E-state index contributed by atoms with van der Waals surface area (Å²) in [5.74, 6) is 0.479. The molecule has 0 aliphatic rings. The van der Waals surface area contributed by atoms with Crippen LogP contribution in [-0.2, 0) is 7.05 Å². The Bertz CT molecular complexity index is 609. The van der Waals surface area contributed by atoms with Gasteiger partial charge in [0.1, 0.15) is 5.75 Å². The van der Waals surface area contributed by atoms with Crippen LogP contribution in [-0.4, -0.2) is 21.3 Å². The number of aromatic nitrogens is 2. The fraction of sp³-hybridized carbons (Fsp3) is 0.308. The Morgan fingerprint density at radius 2 is 2.20 bits per heavy atom. The molecule has 2 rings (SSSR count). The second kappa shape index (κ2) is 6.05. The lowest BCUT2D eigenvalue weighted by Gasteiger charge is -2.08. The van der Waals surface area contributed by atoms with Crippen LogP contribution in [0.15, 0.2) is 30.6 Å². The van der Waals surface area contributed by atoms with Gasteiger partial charge < -0.3 is 10.1 Å². The summed E-state index contributed by atoms with van der Waals surface area (Å²) in [7, 11) is 1.80. The van der Waals surface area contributed by atoms with Gasteiger partial charge in [0.15, 0.2) is 0 Å². The van der Waals surface area contributed by atoms with Gasteiger partial charge >= 0.3 is 0 Å². The van der Waals surface area contributed by atoms with Crippen LogP contribution in [0, 0.1) is 10.1 Å². The molecule has 0 atom stereocenters. The van der Waals surface area contributed by atoms with Gasteiger partial charge in [0.25, 0.3) is 5.69 Å². The van der Waals surface area contributed by atoms with E-state index in [9.17, 15) is 10.1 Å². The zero-order chi connectivity index (χ0) is 14.5. The van der Waals surface area contributed by atoms with Gasteiger partial charge in [-0.25, -0.2) is 0 Å². The fourth-order valence-corrected chi connectivity index (χ4v) is 1.72. The third-order valence-electron chi connectivity index (χ3n) is 2.57. The highest BCUT2D eigenvalue weighted by atomic mass is 16.6. The van der Waals surface area contributed by atoms with E-state index in [2.05, 4.69) is 10.4 Å². The van der Waals surface area contributed by atoms with Crippen LogP contribution in [0.5, 0.6) is 5.75 Å². The first-order valence-corrected chi connectivity index (χ1v) is 6.26. The summed E-state index contributed by atoms with van der Waals surface area (Å²) in [6.45, 7) is 2.50. The zero-order valence-electron chi connectivity index (χ0n) is 11.4. The molecule has 1 aromatic heterocycles. The molecule has 0 aliphatic carbocycles. The molecule has 106 valence electrons. The molecule has 0 spiro atoms. The van der Waals surface area contributed by atoms with Crippen molar-refractivity contribution in [2.45, 2.75) is 13.3 Å². The number of ether oxygens (including phenoxy) is 1. The molecule has 0 bridgehead atoms. The Morgan fingerprint density at radius 3 is 2.80 bits per heavy atom. The molecule has 7 heteroatoms. The number of nitrogens with one attached hydrogen (secondary N) is 1. The van der Waals surface area contributed by atoms with Crippen LogP contribution >= 0.6 is 0 Å². The van der Waals surface area contributed by atoms with Crippen molar-refractivity contribution in [2.24, 2.45) is 7.05 Å². The average Bonchev–Trinajstić information content (AvgIpc) is 2.81. The monoisotopic (exact) mass is 276 g/mol. The number of aryl methyl sites for hydroxylation is 1. The van der Waals surface area contributed by atoms with E-state index in [1.165, 1.54) is 12.1 Å². The third kappa shape index (κ3) is 3.47. The number of non-ortho nitro benzene ring substituents is 1. The van der Waals surface area contributed by atoms with Gasteiger partial charge in [-0.3, -0.25) is 14.8 Å². The standard InChI is InChI=1S/C13H16N4O3/c1-3-4-20-13-6-10(5-12(7-13)17(18)19)15-11-8-14-16(2)9-11/h5-9,15H,3-4H2,1-2H3. The Balaban J connectivity index is 2.26. The van der Waals surface area contributed by atoms with Gasteiger partial charge in [-0.05, 0) is 6.42 Å². The van der Waals surface area contributed by atoms with Crippen LogP contribution < -0.4 is 10.1 Å². The molecule has 7 nitrogen and oxygen atoms in total. The number of nitro benzene ring substituents is 1. The van der Waals surface area contributed by atoms with Crippen molar-refractivity contribution in [3.63, 3.8) is 0 Å². The van der Waals surface area contributed by atoms with E-state index in [1.54, 1.807) is 30.2 Å². The highest BCUT2D eigenvalue weighted by Crippen LogP contribution is 2.28. The molecule has 1 heterocycles. The lowest BCUT2D eigenvalue weighted by molar-refractivity contribution is -0.384. The maximum absolute atomic E-state index is 10.9. The number of anilines is 2.